The van der Waals surface area contributed by atoms with Gasteiger partial charge in [-0.2, -0.15) is 4.31 Å². The second kappa shape index (κ2) is 8.03. The molecular weight excluding hydrogens is 430 g/mol. The summed E-state index contributed by atoms with van der Waals surface area (Å²) in [5, 5.41) is 13.8. The summed E-state index contributed by atoms with van der Waals surface area (Å²) in [6.45, 7) is 0.181. The maximum atomic E-state index is 12.8. The first kappa shape index (κ1) is 20.5. The van der Waals surface area contributed by atoms with Crippen molar-refractivity contribution in [3.05, 3.63) is 44.8 Å². The highest BCUT2D eigenvalue weighted by molar-refractivity contribution is 7.91. The lowest BCUT2D eigenvalue weighted by Gasteiger charge is -2.22. The molecule has 0 aliphatic carbocycles. The second-order valence-electron chi connectivity index (χ2n) is 5.96. The number of benzene rings is 1. The van der Waals surface area contributed by atoms with Gasteiger partial charge < -0.3 is 10.1 Å². The molecule has 1 atom stereocenters. The van der Waals surface area contributed by atoms with E-state index in [2.05, 4.69) is 5.32 Å². The summed E-state index contributed by atoms with van der Waals surface area (Å²) in [6, 6.07) is 5.91. The van der Waals surface area contributed by atoms with Crippen LogP contribution < -0.4 is 10.1 Å². The lowest BCUT2D eigenvalue weighted by molar-refractivity contribution is -0.384. The van der Waals surface area contributed by atoms with Crippen LogP contribution in [-0.2, 0) is 14.8 Å². The number of sulfonamides is 1. The third-order valence-electron chi connectivity index (χ3n) is 4.28. The number of nitrogens with one attached hydrogen (secondary N) is 1. The molecule has 0 radical (unpaired) electrons. The zero-order valence-electron chi connectivity index (χ0n) is 14.6. The van der Waals surface area contributed by atoms with Crippen LogP contribution in [0.2, 0.25) is 4.34 Å². The molecule has 1 aliphatic heterocycles. The van der Waals surface area contributed by atoms with Crippen molar-refractivity contribution in [3.63, 3.8) is 0 Å². The third kappa shape index (κ3) is 3.97. The molecule has 1 aromatic carbocycles. The molecule has 1 amide bonds. The number of hydrogen-bond donors (Lipinski definition) is 1. The fourth-order valence-electron chi connectivity index (χ4n) is 2.95. The first-order valence-corrected chi connectivity index (χ1v) is 10.8. The molecule has 1 fully saturated rings. The van der Waals surface area contributed by atoms with Gasteiger partial charge in [0, 0.05) is 6.54 Å². The van der Waals surface area contributed by atoms with Gasteiger partial charge in [0.2, 0.25) is 5.91 Å². The molecule has 28 heavy (non-hydrogen) atoms. The van der Waals surface area contributed by atoms with Crippen LogP contribution in [0.4, 0.5) is 11.4 Å². The number of nitrogens with zero attached hydrogens (tertiary/aromatic N) is 2. The Balaban J connectivity index is 1.85. The van der Waals surface area contributed by atoms with E-state index in [-0.39, 0.29) is 27.9 Å². The molecule has 0 unspecified atom stereocenters. The van der Waals surface area contributed by atoms with Gasteiger partial charge in [-0.3, -0.25) is 14.9 Å². The Hall–Kier alpha value is -2.21. The minimum absolute atomic E-state index is 0.0285. The second-order valence-corrected chi connectivity index (χ2v) is 9.79. The van der Waals surface area contributed by atoms with Crippen molar-refractivity contribution in [2.24, 2.45) is 0 Å². The van der Waals surface area contributed by atoms with Gasteiger partial charge in [-0.15, -0.1) is 11.3 Å². The van der Waals surface area contributed by atoms with Crippen LogP contribution in [0.25, 0.3) is 0 Å². The Morgan fingerprint density at radius 3 is 2.75 bits per heavy atom. The molecule has 0 spiro atoms. The van der Waals surface area contributed by atoms with E-state index < -0.39 is 26.9 Å². The summed E-state index contributed by atoms with van der Waals surface area (Å²) in [5.41, 5.74) is -0.371. The number of hydrogen-bond acceptors (Lipinski definition) is 7. The zero-order chi connectivity index (χ0) is 20.5. The number of ether oxygens (including phenoxy) is 1. The van der Waals surface area contributed by atoms with E-state index in [4.69, 9.17) is 16.3 Å². The van der Waals surface area contributed by atoms with Gasteiger partial charge in [-0.1, -0.05) is 11.6 Å². The van der Waals surface area contributed by atoms with E-state index in [0.29, 0.717) is 17.2 Å². The Bertz CT molecular complexity index is 1020. The van der Waals surface area contributed by atoms with Crippen LogP contribution in [0.1, 0.15) is 12.8 Å². The first-order chi connectivity index (χ1) is 13.2. The van der Waals surface area contributed by atoms with E-state index in [9.17, 15) is 23.3 Å². The molecule has 2 heterocycles. The Morgan fingerprint density at radius 1 is 1.39 bits per heavy atom. The SMILES string of the molecule is COc1ccc(NC(=O)[C@@H]2CCCN2S(=O)(=O)c2ccc(Cl)s2)c([N+](=O)[O-])c1. The summed E-state index contributed by atoms with van der Waals surface area (Å²) in [7, 11) is -2.52. The molecule has 3 rings (SSSR count). The molecule has 1 N–H and O–H groups in total. The summed E-state index contributed by atoms with van der Waals surface area (Å²) >= 11 is 6.74. The van der Waals surface area contributed by atoms with Crippen LogP contribution >= 0.6 is 22.9 Å². The molecule has 1 aromatic heterocycles. The Labute approximate surface area is 170 Å². The molecule has 12 heteroatoms. The van der Waals surface area contributed by atoms with Crippen molar-refractivity contribution in [2.45, 2.75) is 23.1 Å². The molecule has 150 valence electrons. The van der Waals surface area contributed by atoms with E-state index in [1.54, 1.807) is 0 Å². The maximum absolute atomic E-state index is 12.8. The normalized spacial score (nSPS) is 17.4. The number of nitro groups is 1. The van der Waals surface area contributed by atoms with Gasteiger partial charge in [-0.05, 0) is 37.1 Å². The number of amides is 1. The largest absolute Gasteiger partial charge is 0.496 e. The van der Waals surface area contributed by atoms with Gasteiger partial charge >= 0.3 is 0 Å². The highest BCUT2D eigenvalue weighted by atomic mass is 35.5. The quantitative estimate of drug-likeness (QED) is 0.539. The molecule has 0 bridgehead atoms. The van der Waals surface area contributed by atoms with E-state index in [0.717, 1.165) is 15.6 Å². The fraction of sp³-hybridized carbons (Fsp3) is 0.312. The summed E-state index contributed by atoms with van der Waals surface area (Å²) < 4.78 is 32.1. The topological polar surface area (TPSA) is 119 Å². The van der Waals surface area contributed by atoms with Crippen molar-refractivity contribution in [2.75, 3.05) is 19.0 Å². The lowest BCUT2D eigenvalue weighted by atomic mass is 10.2. The van der Waals surface area contributed by atoms with Crippen LogP contribution in [0, 0.1) is 10.1 Å². The predicted octanol–water partition coefficient (Wildman–Crippen LogP) is 3.11. The first-order valence-electron chi connectivity index (χ1n) is 8.14. The van der Waals surface area contributed by atoms with Crippen LogP contribution in [-0.4, -0.2) is 43.2 Å². The summed E-state index contributed by atoms with van der Waals surface area (Å²) in [4.78, 5) is 23.4. The average molecular weight is 446 g/mol. The molecular formula is C16H16ClN3O6S2. The monoisotopic (exact) mass is 445 g/mol. The number of anilines is 1. The average Bonchev–Trinajstić information content (AvgIpc) is 3.31. The smallest absolute Gasteiger partial charge is 0.296 e. The third-order valence-corrected chi connectivity index (χ3v) is 7.88. The molecule has 9 nitrogen and oxygen atoms in total. The van der Waals surface area contributed by atoms with Gasteiger partial charge in [0.15, 0.2) is 0 Å². The highest BCUT2D eigenvalue weighted by Crippen LogP contribution is 2.34. The van der Waals surface area contributed by atoms with Gasteiger partial charge in [0.05, 0.1) is 22.4 Å². The van der Waals surface area contributed by atoms with E-state index >= 15 is 0 Å². The molecule has 2 aromatic rings. The number of thiophene rings is 1. The standard InChI is InChI=1S/C16H16ClN3O6S2/c1-26-10-4-5-11(13(9-10)20(22)23)18-16(21)12-3-2-8-19(12)28(24,25)15-7-6-14(17)27-15/h4-7,9,12H,2-3,8H2,1H3,(H,18,21)/t12-/m0/s1. The maximum Gasteiger partial charge on any atom is 0.296 e. The van der Waals surface area contributed by atoms with Crippen LogP contribution in [0.5, 0.6) is 5.75 Å². The van der Waals surface area contributed by atoms with Crippen molar-refractivity contribution in [1.82, 2.24) is 4.31 Å². The lowest BCUT2D eigenvalue weighted by Crippen LogP contribution is -2.42. The molecule has 0 saturated carbocycles. The molecule has 1 aliphatic rings. The Morgan fingerprint density at radius 2 is 2.14 bits per heavy atom. The summed E-state index contributed by atoms with van der Waals surface area (Å²) in [5.74, 6) is -0.360. The Kier molecular flexibility index (Phi) is 5.89. The van der Waals surface area contributed by atoms with Crippen LogP contribution in [0.15, 0.2) is 34.5 Å². The zero-order valence-corrected chi connectivity index (χ0v) is 17.0. The van der Waals surface area contributed by atoms with E-state index in [1.165, 1.54) is 37.4 Å². The highest BCUT2D eigenvalue weighted by Gasteiger charge is 2.40. The van der Waals surface area contributed by atoms with Crippen molar-refractivity contribution in [1.29, 1.82) is 0 Å². The van der Waals surface area contributed by atoms with Crippen LogP contribution in [0.3, 0.4) is 0 Å². The predicted molar refractivity (Wildman–Crippen MR) is 105 cm³/mol. The molecule has 1 saturated heterocycles. The summed E-state index contributed by atoms with van der Waals surface area (Å²) in [6.07, 6.45) is 0.815. The van der Waals surface area contributed by atoms with Crippen molar-refractivity contribution in [3.8, 4) is 5.75 Å². The van der Waals surface area contributed by atoms with Crippen molar-refractivity contribution < 1.29 is 22.9 Å². The fourth-order valence-corrected chi connectivity index (χ4v) is 6.22. The van der Waals surface area contributed by atoms with Gasteiger partial charge in [-0.25, -0.2) is 8.42 Å². The number of halogens is 1. The van der Waals surface area contributed by atoms with Gasteiger partial charge in [0.25, 0.3) is 15.7 Å². The number of methoxy groups -OCH3 is 1. The number of carbonyl (C=O) groups is 1. The number of nitro benzene ring substituents is 1. The number of carbonyl (C=O) groups excluding carboxylic acids is 1. The van der Waals surface area contributed by atoms with Crippen molar-refractivity contribution >= 4 is 50.2 Å². The number of rotatable bonds is 6. The minimum Gasteiger partial charge on any atom is -0.496 e. The van der Waals surface area contributed by atoms with Gasteiger partial charge in [0.1, 0.15) is 21.7 Å². The van der Waals surface area contributed by atoms with E-state index in [1.807, 2.05) is 0 Å². The minimum atomic E-state index is -3.89.